The van der Waals surface area contributed by atoms with Gasteiger partial charge >= 0.3 is 0 Å². The van der Waals surface area contributed by atoms with Crippen LogP contribution < -0.4 is 5.32 Å². The first-order chi connectivity index (χ1) is 9.13. The third kappa shape index (κ3) is 10.0. The lowest BCUT2D eigenvalue weighted by Crippen LogP contribution is -2.15. The van der Waals surface area contributed by atoms with Gasteiger partial charge in [-0.05, 0) is 44.8 Å². The van der Waals surface area contributed by atoms with Crippen molar-refractivity contribution in [2.45, 2.75) is 19.8 Å². The second-order valence-corrected chi connectivity index (χ2v) is 5.86. The summed E-state index contributed by atoms with van der Waals surface area (Å²) in [5.41, 5.74) is 1.87. The van der Waals surface area contributed by atoms with Gasteiger partial charge in [-0.1, -0.05) is 25.1 Å². The molecule has 0 atom stereocenters. The van der Waals surface area contributed by atoms with E-state index in [0.29, 0.717) is 0 Å². The van der Waals surface area contributed by atoms with Crippen molar-refractivity contribution in [2.24, 2.45) is 0 Å². The molecule has 0 fully saturated rings. The van der Waals surface area contributed by atoms with Crippen LogP contribution in [0.2, 0.25) is 0 Å². The van der Waals surface area contributed by atoms with Crippen LogP contribution in [0, 0.1) is 0 Å². The summed E-state index contributed by atoms with van der Waals surface area (Å²) >= 11 is 1.38. The van der Waals surface area contributed by atoms with Crippen LogP contribution in [-0.4, -0.2) is 43.0 Å². The lowest BCUT2D eigenvalue weighted by molar-refractivity contribution is 0.108. The van der Waals surface area contributed by atoms with Gasteiger partial charge in [-0.15, -0.1) is 24.8 Å². The maximum absolute atomic E-state index is 11.9. The van der Waals surface area contributed by atoms with Crippen molar-refractivity contribution in [1.82, 2.24) is 4.90 Å². The molecule has 1 aromatic carbocycles. The number of nitrogens with zero attached hydrogens (tertiary/aromatic N) is 1. The summed E-state index contributed by atoms with van der Waals surface area (Å²) in [6.45, 7) is 4.09. The molecule has 0 spiro atoms. The number of anilines is 1. The van der Waals surface area contributed by atoms with Gasteiger partial charge in [0.2, 0.25) is 5.12 Å². The maximum Gasteiger partial charge on any atom is 0.219 e. The molecule has 0 aliphatic heterocycles. The number of benzene rings is 1. The minimum atomic E-state index is 0. The van der Waals surface area contributed by atoms with E-state index < -0.39 is 0 Å². The summed E-state index contributed by atoms with van der Waals surface area (Å²) in [5.74, 6) is 0.836. The Morgan fingerprint density at radius 1 is 1.19 bits per heavy atom. The maximum atomic E-state index is 11.9. The molecule has 0 amide bonds. The normalized spacial score (nSPS) is 9.71. The highest BCUT2D eigenvalue weighted by atomic mass is 35.5. The molecule has 0 unspecified atom stereocenters. The minimum absolute atomic E-state index is 0. The van der Waals surface area contributed by atoms with Crippen LogP contribution in [0.25, 0.3) is 0 Å². The van der Waals surface area contributed by atoms with Gasteiger partial charge in [0.15, 0.2) is 0 Å². The van der Waals surface area contributed by atoms with Gasteiger partial charge in [-0.25, -0.2) is 0 Å². The highest BCUT2D eigenvalue weighted by Gasteiger charge is 2.06. The molecule has 0 bridgehead atoms. The summed E-state index contributed by atoms with van der Waals surface area (Å²) in [6, 6.07) is 7.77. The monoisotopic (exact) mass is 352 g/mol. The van der Waals surface area contributed by atoms with Crippen LogP contribution in [-0.2, 0) is 0 Å². The zero-order valence-electron chi connectivity index (χ0n) is 12.9. The number of hydrogen-bond donors (Lipinski definition) is 1. The summed E-state index contributed by atoms with van der Waals surface area (Å²) in [4.78, 5) is 14.0. The van der Waals surface area contributed by atoms with Crippen LogP contribution in [0.4, 0.5) is 5.69 Å². The number of hydrogen-bond acceptors (Lipinski definition) is 4. The van der Waals surface area contributed by atoms with Crippen molar-refractivity contribution in [3.63, 3.8) is 0 Å². The van der Waals surface area contributed by atoms with Crippen LogP contribution in [0.3, 0.4) is 0 Å². The van der Waals surface area contributed by atoms with E-state index in [-0.39, 0.29) is 29.9 Å². The van der Waals surface area contributed by atoms with Crippen molar-refractivity contribution in [3.8, 4) is 0 Å². The molecule has 3 nitrogen and oxygen atoms in total. The lowest BCUT2D eigenvalue weighted by Gasteiger charge is -2.08. The molecule has 0 saturated heterocycles. The van der Waals surface area contributed by atoms with Crippen molar-refractivity contribution in [2.75, 3.05) is 38.3 Å². The predicted molar refractivity (Wildman–Crippen MR) is 99.7 cm³/mol. The molecule has 122 valence electrons. The Morgan fingerprint density at radius 2 is 1.81 bits per heavy atom. The van der Waals surface area contributed by atoms with E-state index in [1.165, 1.54) is 24.6 Å². The zero-order chi connectivity index (χ0) is 14.1. The number of rotatable bonds is 8. The third-order valence-electron chi connectivity index (χ3n) is 2.75. The van der Waals surface area contributed by atoms with E-state index in [1.807, 2.05) is 38.4 Å². The molecule has 0 heterocycles. The topological polar surface area (TPSA) is 32.3 Å². The fourth-order valence-corrected chi connectivity index (χ4v) is 2.48. The average Bonchev–Trinajstić information content (AvgIpc) is 2.39. The summed E-state index contributed by atoms with van der Waals surface area (Å²) in [5, 5.41) is 3.50. The minimum Gasteiger partial charge on any atom is -0.385 e. The van der Waals surface area contributed by atoms with Gasteiger partial charge in [0.25, 0.3) is 0 Å². The van der Waals surface area contributed by atoms with E-state index >= 15 is 0 Å². The van der Waals surface area contributed by atoms with E-state index in [0.717, 1.165) is 30.1 Å². The van der Waals surface area contributed by atoms with Gasteiger partial charge in [0, 0.05) is 30.1 Å². The first-order valence-electron chi connectivity index (χ1n) is 6.79. The molecule has 0 aromatic heterocycles. The van der Waals surface area contributed by atoms with Crippen LogP contribution in [0.5, 0.6) is 0 Å². The first-order valence-corrected chi connectivity index (χ1v) is 7.78. The standard InChI is InChI=1S/C15H24N2OS.2ClH/c1-4-5-10-16-14-8-6-13(7-9-14)15(18)19-12-11-17(2)3;;/h6-9,16H,4-5,10-12H2,1-3H3;2*1H. The Bertz CT molecular complexity index is 386. The smallest absolute Gasteiger partial charge is 0.219 e. The van der Waals surface area contributed by atoms with Crippen molar-refractivity contribution in [3.05, 3.63) is 29.8 Å². The molecular weight excluding hydrogens is 327 g/mol. The molecule has 6 heteroatoms. The first kappa shape index (κ1) is 22.9. The predicted octanol–water partition coefficient (Wildman–Crippen LogP) is 4.18. The Hall–Kier alpha value is -0.420. The number of halogens is 2. The van der Waals surface area contributed by atoms with Gasteiger partial charge in [0.05, 0.1) is 0 Å². The van der Waals surface area contributed by atoms with E-state index in [2.05, 4.69) is 17.1 Å². The Kier molecular flexibility index (Phi) is 14.4. The molecule has 0 saturated carbocycles. The molecule has 0 aliphatic rings. The average molecular weight is 353 g/mol. The molecule has 0 aliphatic carbocycles. The Balaban J connectivity index is 0. The molecule has 1 rings (SSSR count). The summed E-state index contributed by atoms with van der Waals surface area (Å²) in [6.07, 6.45) is 2.35. The van der Waals surface area contributed by atoms with Gasteiger partial charge in [-0.3, -0.25) is 4.79 Å². The molecule has 1 N–H and O–H groups in total. The Labute approximate surface area is 145 Å². The SMILES string of the molecule is CCCCNc1ccc(C(=O)SCCN(C)C)cc1.Cl.Cl. The summed E-state index contributed by atoms with van der Waals surface area (Å²) < 4.78 is 0. The van der Waals surface area contributed by atoms with Crippen LogP contribution >= 0.6 is 36.6 Å². The van der Waals surface area contributed by atoms with Crippen molar-refractivity contribution >= 4 is 47.4 Å². The van der Waals surface area contributed by atoms with Gasteiger partial charge in [-0.2, -0.15) is 0 Å². The highest BCUT2D eigenvalue weighted by Crippen LogP contribution is 2.15. The lowest BCUT2D eigenvalue weighted by atomic mass is 10.2. The van der Waals surface area contributed by atoms with Crippen molar-refractivity contribution < 1.29 is 4.79 Å². The number of thioether (sulfide) groups is 1. The fraction of sp³-hybridized carbons (Fsp3) is 0.533. The molecule has 0 radical (unpaired) electrons. The van der Waals surface area contributed by atoms with Crippen LogP contribution in [0.15, 0.2) is 24.3 Å². The quantitative estimate of drug-likeness (QED) is 0.711. The Morgan fingerprint density at radius 3 is 2.33 bits per heavy atom. The summed E-state index contributed by atoms with van der Waals surface area (Å²) in [7, 11) is 4.03. The van der Waals surface area contributed by atoms with E-state index in [9.17, 15) is 4.79 Å². The number of nitrogens with one attached hydrogen (secondary N) is 1. The van der Waals surface area contributed by atoms with Crippen LogP contribution in [0.1, 0.15) is 30.1 Å². The third-order valence-corrected chi connectivity index (χ3v) is 3.64. The molecule has 1 aromatic rings. The molecule has 21 heavy (non-hydrogen) atoms. The van der Waals surface area contributed by atoms with E-state index in [1.54, 1.807) is 0 Å². The van der Waals surface area contributed by atoms with Gasteiger partial charge in [0.1, 0.15) is 0 Å². The zero-order valence-corrected chi connectivity index (χ0v) is 15.4. The van der Waals surface area contributed by atoms with Gasteiger partial charge < -0.3 is 10.2 Å². The highest BCUT2D eigenvalue weighted by molar-refractivity contribution is 8.14. The number of carbonyl (C=O) groups is 1. The second-order valence-electron chi connectivity index (χ2n) is 4.80. The largest absolute Gasteiger partial charge is 0.385 e. The van der Waals surface area contributed by atoms with Crippen molar-refractivity contribution in [1.29, 1.82) is 0 Å². The fourth-order valence-electron chi connectivity index (χ4n) is 1.54. The molecular formula is C15H26Cl2N2OS. The second kappa shape index (κ2) is 13.3. The van der Waals surface area contributed by atoms with E-state index in [4.69, 9.17) is 0 Å². The number of carbonyl (C=O) groups excluding carboxylic acids is 1. The number of unbranched alkanes of at least 4 members (excludes halogenated alkanes) is 1.